The Morgan fingerprint density at radius 2 is 2.00 bits per heavy atom. The Kier molecular flexibility index (Phi) is 4.06. The third-order valence-electron chi connectivity index (χ3n) is 3.82. The van der Waals surface area contributed by atoms with Gasteiger partial charge in [0.05, 0.1) is 18.4 Å². The standard InChI is InChI=1S/C17H17N3O3/c1-10-7-14-13(15(21)8-10)9-18-17(19-14)20-16(22)11-3-5-12(23-2)6-4-11/h3-6,9-10H,7-8H2,1-2H3,(H,18,19,20,22)/t10-/m1/s1. The number of hydrogen-bond donors (Lipinski definition) is 1. The molecular formula is C17H17N3O3. The maximum Gasteiger partial charge on any atom is 0.258 e. The van der Waals surface area contributed by atoms with E-state index in [-0.39, 0.29) is 23.6 Å². The fourth-order valence-corrected chi connectivity index (χ4v) is 2.61. The van der Waals surface area contributed by atoms with E-state index in [0.29, 0.717) is 29.0 Å². The minimum absolute atomic E-state index is 0.0618. The second kappa shape index (κ2) is 6.16. The molecule has 1 aliphatic rings. The molecule has 0 saturated carbocycles. The molecule has 0 saturated heterocycles. The molecule has 0 fully saturated rings. The van der Waals surface area contributed by atoms with Gasteiger partial charge in [-0.2, -0.15) is 0 Å². The van der Waals surface area contributed by atoms with Gasteiger partial charge in [0.15, 0.2) is 5.78 Å². The molecule has 1 aromatic heterocycles. The van der Waals surface area contributed by atoms with Crippen molar-refractivity contribution in [3.05, 3.63) is 47.3 Å². The molecule has 3 rings (SSSR count). The van der Waals surface area contributed by atoms with Crippen LogP contribution in [0.2, 0.25) is 0 Å². The summed E-state index contributed by atoms with van der Waals surface area (Å²) in [5.74, 6) is 0.912. The van der Waals surface area contributed by atoms with Crippen molar-refractivity contribution in [1.82, 2.24) is 9.97 Å². The quantitative estimate of drug-likeness (QED) is 0.942. The zero-order valence-corrected chi connectivity index (χ0v) is 13.0. The van der Waals surface area contributed by atoms with Gasteiger partial charge in [-0.05, 0) is 36.6 Å². The zero-order chi connectivity index (χ0) is 16.4. The maximum atomic E-state index is 12.2. The summed E-state index contributed by atoms with van der Waals surface area (Å²) in [6, 6.07) is 6.75. The van der Waals surface area contributed by atoms with E-state index in [4.69, 9.17) is 4.74 Å². The molecule has 1 aliphatic carbocycles. The Hall–Kier alpha value is -2.76. The first-order chi connectivity index (χ1) is 11.1. The predicted octanol–water partition coefficient (Wildman–Crippen LogP) is 2.50. The summed E-state index contributed by atoms with van der Waals surface area (Å²) < 4.78 is 5.06. The van der Waals surface area contributed by atoms with Gasteiger partial charge < -0.3 is 4.74 Å². The highest BCUT2D eigenvalue weighted by atomic mass is 16.5. The number of carbonyl (C=O) groups is 2. The predicted molar refractivity (Wildman–Crippen MR) is 84.8 cm³/mol. The summed E-state index contributed by atoms with van der Waals surface area (Å²) in [4.78, 5) is 32.5. The molecule has 0 radical (unpaired) electrons. The van der Waals surface area contributed by atoms with Gasteiger partial charge in [-0.25, -0.2) is 9.97 Å². The summed E-state index contributed by atoms with van der Waals surface area (Å²) >= 11 is 0. The number of fused-ring (bicyclic) bond motifs is 1. The van der Waals surface area contributed by atoms with Crippen molar-refractivity contribution in [1.29, 1.82) is 0 Å². The smallest absolute Gasteiger partial charge is 0.258 e. The Labute approximate surface area is 133 Å². The number of rotatable bonds is 3. The van der Waals surface area contributed by atoms with E-state index in [9.17, 15) is 9.59 Å². The van der Waals surface area contributed by atoms with Crippen LogP contribution in [0.25, 0.3) is 0 Å². The summed E-state index contributed by atoms with van der Waals surface area (Å²) in [7, 11) is 1.57. The van der Waals surface area contributed by atoms with E-state index in [0.717, 1.165) is 6.42 Å². The zero-order valence-electron chi connectivity index (χ0n) is 13.0. The van der Waals surface area contributed by atoms with Gasteiger partial charge >= 0.3 is 0 Å². The Balaban J connectivity index is 1.78. The molecule has 0 aliphatic heterocycles. The van der Waals surface area contributed by atoms with Gasteiger partial charge in [0.1, 0.15) is 5.75 Å². The molecule has 1 N–H and O–H groups in total. The number of nitrogens with zero attached hydrogens (tertiary/aromatic N) is 2. The monoisotopic (exact) mass is 311 g/mol. The normalized spacial score (nSPS) is 16.6. The Morgan fingerprint density at radius 3 is 2.70 bits per heavy atom. The van der Waals surface area contributed by atoms with Gasteiger partial charge in [-0.3, -0.25) is 14.9 Å². The first-order valence-electron chi connectivity index (χ1n) is 7.41. The molecule has 23 heavy (non-hydrogen) atoms. The maximum absolute atomic E-state index is 12.2. The number of Topliss-reactive ketones (excluding diaryl/α,β-unsaturated/α-hetero) is 1. The van der Waals surface area contributed by atoms with Crippen molar-refractivity contribution in [2.24, 2.45) is 5.92 Å². The van der Waals surface area contributed by atoms with E-state index in [1.807, 2.05) is 6.92 Å². The van der Waals surface area contributed by atoms with Crippen LogP contribution in [0.4, 0.5) is 5.95 Å². The van der Waals surface area contributed by atoms with Crippen molar-refractivity contribution in [2.75, 3.05) is 12.4 Å². The van der Waals surface area contributed by atoms with Gasteiger partial charge in [0.25, 0.3) is 5.91 Å². The minimum atomic E-state index is -0.303. The van der Waals surface area contributed by atoms with Gasteiger partial charge in [0, 0.05) is 18.2 Å². The number of aromatic nitrogens is 2. The lowest BCUT2D eigenvalue weighted by atomic mass is 9.88. The second-order valence-corrected chi connectivity index (χ2v) is 5.67. The van der Waals surface area contributed by atoms with Crippen LogP contribution in [0, 0.1) is 5.92 Å². The van der Waals surface area contributed by atoms with Crippen LogP contribution in [0.3, 0.4) is 0 Å². The lowest BCUT2D eigenvalue weighted by Crippen LogP contribution is -2.22. The van der Waals surface area contributed by atoms with Crippen molar-refractivity contribution in [3.8, 4) is 5.75 Å². The molecule has 0 unspecified atom stereocenters. The van der Waals surface area contributed by atoms with Crippen molar-refractivity contribution in [2.45, 2.75) is 19.8 Å². The molecule has 0 spiro atoms. The molecule has 1 aromatic carbocycles. The van der Waals surface area contributed by atoms with Crippen LogP contribution < -0.4 is 10.1 Å². The van der Waals surface area contributed by atoms with Crippen molar-refractivity contribution in [3.63, 3.8) is 0 Å². The van der Waals surface area contributed by atoms with E-state index in [2.05, 4.69) is 15.3 Å². The number of methoxy groups -OCH3 is 1. The molecule has 1 heterocycles. The summed E-state index contributed by atoms with van der Waals surface area (Å²) in [6.07, 6.45) is 2.74. The van der Waals surface area contributed by atoms with Crippen molar-refractivity contribution >= 4 is 17.6 Å². The number of amides is 1. The first kappa shape index (κ1) is 15.1. The highest BCUT2D eigenvalue weighted by molar-refractivity contribution is 6.03. The lowest BCUT2D eigenvalue weighted by molar-refractivity contribution is 0.0951. The second-order valence-electron chi connectivity index (χ2n) is 5.67. The lowest BCUT2D eigenvalue weighted by Gasteiger charge is -2.19. The number of ether oxygens (including phenoxy) is 1. The van der Waals surface area contributed by atoms with Crippen LogP contribution in [-0.4, -0.2) is 28.8 Å². The van der Waals surface area contributed by atoms with E-state index >= 15 is 0 Å². The largest absolute Gasteiger partial charge is 0.497 e. The molecular weight excluding hydrogens is 294 g/mol. The van der Waals surface area contributed by atoms with E-state index in [1.54, 1.807) is 31.4 Å². The molecule has 6 nitrogen and oxygen atoms in total. The van der Waals surface area contributed by atoms with Gasteiger partial charge in [-0.1, -0.05) is 6.92 Å². The van der Waals surface area contributed by atoms with Gasteiger partial charge in [0.2, 0.25) is 5.95 Å². The first-order valence-corrected chi connectivity index (χ1v) is 7.41. The molecule has 118 valence electrons. The average Bonchev–Trinajstić information content (AvgIpc) is 2.54. The third kappa shape index (κ3) is 3.21. The topological polar surface area (TPSA) is 81.2 Å². The summed E-state index contributed by atoms with van der Waals surface area (Å²) in [5.41, 5.74) is 1.75. The fraction of sp³-hybridized carbons (Fsp3) is 0.294. The highest BCUT2D eigenvalue weighted by Gasteiger charge is 2.24. The molecule has 1 amide bonds. The van der Waals surface area contributed by atoms with E-state index in [1.165, 1.54) is 6.20 Å². The van der Waals surface area contributed by atoms with Gasteiger partial charge in [-0.15, -0.1) is 0 Å². The Bertz CT molecular complexity index is 756. The molecule has 0 bridgehead atoms. The number of ketones is 1. The number of carbonyl (C=O) groups excluding carboxylic acids is 2. The fourth-order valence-electron chi connectivity index (χ4n) is 2.61. The summed E-state index contributed by atoms with van der Waals surface area (Å²) in [6.45, 7) is 2.01. The number of anilines is 1. The number of nitrogens with one attached hydrogen (secondary N) is 1. The van der Waals surface area contributed by atoms with E-state index < -0.39 is 0 Å². The van der Waals surface area contributed by atoms with Crippen LogP contribution >= 0.6 is 0 Å². The number of hydrogen-bond acceptors (Lipinski definition) is 5. The highest BCUT2D eigenvalue weighted by Crippen LogP contribution is 2.24. The third-order valence-corrected chi connectivity index (χ3v) is 3.82. The van der Waals surface area contributed by atoms with Crippen LogP contribution in [0.15, 0.2) is 30.5 Å². The molecule has 2 aromatic rings. The minimum Gasteiger partial charge on any atom is -0.497 e. The SMILES string of the molecule is COc1ccc(C(=O)Nc2ncc3c(n2)C[C@@H](C)CC3=O)cc1. The van der Waals surface area contributed by atoms with Crippen LogP contribution in [-0.2, 0) is 6.42 Å². The summed E-state index contributed by atoms with van der Waals surface area (Å²) in [5, 5.41) is 2.66. The van der Waals surface area contributed by atoms with Crippen LogP contribution in [0.1, 0.15) is 39.8 Å². The van der Waals surface area contributed by atoms with Crippen molar-refractivity contribution < 1.29 is 14.3 Å². The average molecular weight is 311 g/mol. The molecule has 1 atom stereocenters. The van der Waals surface area contributed by atoms with Crippen LogP contribution in [0.5, 0.6) is 5.75 Å². The molecule has 6 heteroatoms. The Morgan fingerprint density at radius 1 is 1.26 bits per heavy atom. The number of benzene rings is 1.